The van der Waals surface area contributed by atoms with Gasteiger partial charge in [-0.15, -0.1) is 11.3 Å². The molecule has 0 saturated carbocycles. The standard InChI is InChI=1S/C25H37N3O5S2/c1-19-20(2)34-25(26-19)28-24(30)21-15-12-13-16-22(21)27-23(29)17-11-9-7-5-3-4-6-8-10-14-18-35(31,32)33/h12-13,15-16H,3-11,14,17-18H2,1-2H3,(H,27,29)(H,26,28,30)(H,31,32,33). The van der Waals surface area contributed by atoms with Crippen LogP contribution in [0.25, 0.3) is 0 Å². The third-order valence-electron chi connectivity index (χ3n) is 5.75. The van der Waals surface area contributed by atoms with Crippen LogP contribution < -0.4 is 10.6 Å². The Morgan fingerprint density at radius 2 is 1.46 bits per heavy atom. The average Bonchev–Trinajstić information content (AvgIpc) is 3.10. The van der Waals surface area contributed by atoms with E-state index in [2.05, 4.69) is 15.6 Å². The summed E-state index contributed by atoms with van der Waals surface area (Å²) in [5.74, 6) is -0.546. The van der Waals surface area contributed by atoms with E-state index in [-0.39, 0.29) is 17.6 Å². The first kappa shape index (κ1) is 28.9. The van der Waals surface area contributed by atoms with Crippen molar-refractivity contribution >= 4 is 44.1 Å². The van der Waals surface area contributed by atoms with Gasteiger partial charge in [0.15, 0.2) is 5.13 Å². The van der Waals surface area contributed by atoms with Crippen LogP contribution >= 0.6 is 11.3 Å². The van der Waals surface area contributed by atoms with Crippen LogP contribution in [-0.4, -0.2) is 35.5 Å². The first-order valence-electron chi connectivity index (χ1n) is 12.2. The van der Waals surface area contributed by atoms with E-state index in [1.54, 1.807) is 24.3 Å². The van der Waals surface area contributed by atoms with Gasteiger partial charge in [-0.2, -0.15) is 8.42 Å². The molecule has 35 heavy (non-hydrogen) atoms. The molecule has 0 bridgehead atoms. The second kappa shape index (κ2) is 15.0. The molecule has 1 heterocycles. The molecule has 2 aromatic rings. The number of carbonyl (C=O) groups excluding carboxylic acids is 2. The minimum absolute atomic E-state index is 0.101. The molecule has 3 N–H and O–H groups in total. The lowest BCUT2D eigenvalue weighted by atomic mass is 10.1. The van der Waals surface area contributed by atoms with Gasteiger partial charge in [0.1, 0.15) is 0 Å². The van der Waals surface area contributed by atoms with Gasteiger partial charge in [0, 0.05) is 11.3 Å². The number of amides is 2. The number of carbonyl (C=O) groups is 2. The number of thiazole rings is 1. The summed E-state index contributed by atoms with van der Waals surface area (Å²) in [7, 11) is -3.83. The zero-order chi connectivity index (χ0) is 25.7. The summed E-state index contributed by atoms with van der Waals surface area (Å²) in [5.41, 5.74) is 1.79. The number of nitrogens with zero attached hydrogens (tertiary/aromatic N) is 1. The Morgan fingerprint density at radius 3 is 2.03 bits per heavy atom. The molecule has 2 rings (SSSR count). The molecule has 0 spiro atoms. The molecule has 10 heteroatoms. The first-order valence-corrected chi connectivity index (χ1v) is 14.7. The van der Waals surface area contributed by atoms with E-state index in [0.29, 0.717) is 29.2 Å². The van der Waals surface area contributed by atoms with Crippen LogP contribution in [0.4, 0.5) is 10.8 Å². The lowest BCUT2D eigenvalue weighted by Gasteiger charge is -2.10. The van der Waals surface area contributed by atoms with Crippen molar-refractivity contribution < 1.29 is 22.6 Å². The number of rotatable bonds is 16. The Bertz CT molecular complexity index is 1050. The molecular formula is C25H37N3O5S2. The third kappa shape index (κ3) is 11.8. The van der Waals surface area contributed by atoms with Crippen LogP contribution in [0.15, 0.2) is 24.3 Å². The quantitative estimate of drug-likeness (QED) is 0.179. The number of anilines is 2. The second-order valence-electron chi connectivity index (χ2n) is 8.78. The average molecular weight is 524 g/mol. The van der Waals surface area contributed by atoms with Gasteiger partial charge in [0.25, 0.3) is 16.0 Å². The van der Waals surface area contributed by atoms with Gasteiger partial charge in [-0.3, -0.25) is 19.5 Å². The molecule has 0 unspecified atom stereocenters. The summed E-state index contributed by atoms with van der Waals surface area (Å²) in [4.78, 5) is 30.5. The van der Waals surface area contributed by atoms with E-state index in [1.165, 1.54) is 11.3 Å². The zero-order valence-electron chi connectivity index (χ0n) is 20.6. The van der Waals surface area contributed by atoms with Crippen molar-refractivity contribution in [3.63, 3.8) is 0 Å². The smallest absolute Gasteiger partial charge is 0.264 e. The number of para-hydroxylation sites is 1. The summed E-state index contributed by atoms with van der Waals surface area (Å²) in [6.07, 6.45) is 10.0. The minimum Gasteiger partial charge on any atom is -0.325 e. The molecule has 0 aliphatic heterocycles. The van der Waals surface area contributed by atoms with Gasteiger partial charge < -0.3 is 5.32 Å². The van der Waals surface area contributed by atoms with Crippen molar-refractivity contribution in [1.82, 2.24) is 4.98 Å². The molecule has 0 radical (unpaired) electrons. The van der Waals surface area contributed by atoms with E-state index in [9.17, 15) is 18.0 Å². The highest BCUT2D eigenvalue weighted by molar-refractivity contribution is 7.85. The molecule has 0 atom stereocenters. The predicted molar refractivity (Wildman–Crippen MR) is 142 cm³/mol. The fourth-order valence-corrected chi connectivity index (χ4v) is 5.06. The number of nitrogens with one attached hydrogen (secondary N) is 2. The molecule has 1 aromatic heterocycles. The lowest BCUT2D eigenvalue weighted by Crippen LogP contribution is -2.18. The first-order chi connectivity index (χ1) is 16.7. The Morgan fingerprint density at radius 1 is 0.886 bits per heavy atom. The molecule has 0 aliphatic rings. The summed E-state index contributed by atoms with van der Waals surface area (Å²) in [6, 6.07) is 6.97. The normalized spacial score (nSPS) is 11.4. The maximum absolute atomic E-state index is 12.7. The topological polar surface area (TPSA) is 125 Å². The van der Waals surface area contributed by atoms with E-state index < -0.39 is 10.1 Å². The Kier molecular flexibility index (Phi) is 12.4. The van der Waals surface area contributed by atoms with Crippen LogP contribution in [0.1, 0.15) is 91.6 Å². The summed E-state index contributed by atoms with van der Waals surface area (Å²) < 4.78 is 30.0. The lowest BCUT2D eigenvalue weighted by molar-refractivity contribution is -0.116. The van der Waals surface area contributed by atoms with Crippen LogP contribution in [0.2, 0.25) is 0 Å². The van der Waals surface area contributed by atoms with E-state index >= 15 is 0 Å². The Labute approximate surface area is 212 Å². The number of aromatic nitrogens is 1. The maximum atomic E-state index is 12.7. The van der Waals surface area contributed by atoms with Crippen LogP contribution in [0, 0.1) is 13.8 Å². The fraction of sp³-hybridized carbons (Fsp3) is 0.560. The van der Waals surface area contributed by atoms with Gasteiger partial charge >= 0.3 is 0 Å². The molecular weight excluding hydrogens is 486 g/mol. The number of benzene rings is 1. The SMILES string of the molecule is Cc1nc(NC(=O)c2ccccc2NC(=O)CCCCCCCCCCCCS(=O)(=O)O)sc1C. The minimum atomic E-state index is -3.83. The van der Waals surface area contributed by atoms with Gasteiger partial charge in [-0.05, 0) is 38.8 Å². The molecule has 0 saturated heterocycles. The number of aryl methyl sites for hydroxylation is 2. The number of hydrogen-bond acceptors (Lipinski definition) is 6. The van der Waals surface area contributed by atoms with Crippen molar-refractivity contribution in [1.29, 1.82) is 0 Å². The van der Waals surface area contributed by atoms with E-state index in [1.807, 2.05) is 13.8 Å². The van der Waals surface area contributed by atoms with Crippen LogP contribution in [0.5, 0.6) is 0 Å². The highest BCUT2D eigenvalue weighted by Crippen LogP contribution is 2.23. The Hall–Kier alpha value is -2.30. The Balaban J connectivity index is 1.60. The number of hydrogen-bond donors (Lipinski definition) is 3. The third-order valence-corrected chi connectivity index (χ3v) is 7.54. The van der Waals surface area contributed by atoms with Gasteiger partial charge in [0.2, 0.25) is 5.91 Å². The van der Waals surface area contributed by atoms with Gasteiger partial charge in [-0.25, -0.2) is 4.98 Å². The van der Waals surface area contributed by atoms with Crippen LogP contribution in [0.3, 0.4) is 0 Å². The highest BCUT2D eigenvalue weighted by Gasteiger charge is 2.15. The van der Waals surface area contributed by atoms with Crippen LogP contribution in [-0.2, 0) is 14.9 Å². The molecule has 0 aliphatic carbocycles. The molecule has 0 fully saturated rings. The zero-order valence-corrected chi connectivity index (χ0v) is 22.3. The molecule has 2 amide bonds. The highest BCUT2D eigenvalue weighted by atomic mass is 32.2. The van der Waals surface area contributed by atoms with Crippen molar-refractivity contribution in [3.8, 4) is 0 Å². The second-order valence-corrected chi connectivity index (χ2v) is 11.6. The summed E-state index contributed by atoms with van der Waals surface area (Å²) in [5, 5.41) is 6.23. The monoisotopic (exact) mass is 523 g/mol. The maximum Gasteiger partial charge on any atom is 0.264 e. The van der Waals surface area contributed by atoms with Crippen molar-refractivity contribution in [2.75, 3.05) is 16.4 Å². The molecule has 194 valence electrons. The van der Waals surface area contributed by atoms with Crippen molar-refractivity contribution in [2.24, 2.45) is 0 Å². The van der Waals surface area contributed by atoms with Crippen molar-refractivity contribution in [2.45, 2.75) is 84.5 Å². The largest absolute Gasteiger partial charge is 0.325 e. The number of unbranched alkanes of at least 4 members (excludes halogenated alkanes) is 9. The summed E-state index contributed by atoms with van der Waals surface area (Å²) in [6.45, 7) is 3.85. The fourth-order valence-electron chi connectivity index (χ4n) is 3.68. The van der Waals surface area contributed by atoms with Crippen molar-refractivity contribution in [3.05, 3.63) is 40.4 Å². The molecule has 8 nitrogen and oxygen atoms in total. The molecule has 1 aromatic carbocycles. The van der Waals surface area contributed by atoms with Gasteiger partial charge in [-0.1, -0.05) is 63.5 Å². The van der Waals surface area contributed by atoms with E-state index in [4.69, 9.17) is 4.55 Å². The summed E-state index contributed by atoms with van der Waals surface area (Å²) >= 11 is 1.42. The predicted octanol–water partition coefficient (Wildman–Crippen LogP) is 6.13. The van der Waals surface area contributed by atoms with Gasteiger partial charge in [0.05, 0.1) is 22.7 Å². The van der Waals surface area contributed by atoms with E-state index in [0.717, 1.165) is 68.4 Å².